The van der Waals surface area contributed by atoms with E-state index in [2.05, 4.69) is 6.07 Å². The zero-order chi connectivity index (χ0) is 16.7. The Morgan fingerprint density at radius 3 is 1.91 bits per heavy atom. The summed E-state index contributed by atoms with van der Waals surface area (Å²) in [6.45, 7) is 1.58. The largest absolute Gasteiger partial charge is 0.300 e. The Morgan fingerprint density at radius 1 is 0.870 bits per heavy atom. The average Bonchev–Trinajstić information content (AvgIpc) is 2.58. The van der Waals surface area contributed by atoms with E-state index in [1.807, 2.05) is 36.4 Å². The van der Waals surface area contributed by atoms with E-state index in [4.69, 9.17) is 5.26 Å². The highest BCUT2D eigenvalue weighted by Gasteiger charge is 2.07. The van der Waals surface area contributed by atoms with Crippen LogP contribution >= 0.6 is 0 Å². The minimum Gasteiger partial charge on any atom is -0.300 e. The first-order chi connectivity index (χ1) is 11.1. The van der Waals surface area contributed by atoms with E-state index < -0.39 is 0 Å². The molecule has 2 aromatic rings. The van der Waals surface area contributed by atoms with Gasteiger partial charge in [0.2, 0.25) is 0 Å². The molecule has 0 unspecified atom stereocenters. The van der Waals surface area contributed by atoms with Gasteiger partial charge in [-0.05, 0) is 43.0 Å². The molecule has 116 valence electrons. The van der Waals surface area contributed by atoms with Crippen LogP contribution in [0.15, 0.2) is 48.5 Å². The lowest BCUT2D eigenvalue weighted by molar-refractivity contribution is -0.116. The minimum absolute atomic E-state index is 0.104. The second kappa shape index (κ2) is 8.05. The van der Waals surface area contributed by atoms with Crippen molar-refractivity contribution in [3.63, 3.8) is 0 Å². The van der Waals surface area contributed by atoms with E-state index in [1.165, 1.54) is 0 Å². The molecule has 0 bridgehead atoms. The summed E-state index contributed by atoms with van der Waals surface area (Å²) in [7, 11) is 0. The molecule has 2 rings (SSSR count). The summed E-state index contributed by atoms with van der Waals surface area (Å²) in [6.07, 6.45) is 2.36. The van der Waals surface area contributed by atoms with E-state index >= 15 is 0 Å². The van der Waals surface area contributed by atoms with Gasteiger partial charge in [0.25, 0.3) is 0 Å². The van der Waals surface area contributed by atoms with Crippen molar-refractivity contribution in [2.24, 2.45) is 0 Å². The van der Waals surface area contributed by atoms with Crippen molar-refractivity contribution in [3.8, 4) is 6.07 Å². The highest BCUT2D eigenvalue weighted by atomic mass is 16.1. The Labute approximate surface area is 136 Å². The molecule has 0 radical (unpaired) electrons. The van der Waals surface area contributed by atoms with Crippen molar-refractivity contribution in [1.82, 2.24) is 0 Å². The molecule has 0 atom stereocenters. The molecule has 0 spiro atoms. The van der Waals surface area contributed by atoms with Gasteiger partial charge in [-0.15, -0.1) is 0 Å². The van der Waals surface area contributed by atoms with E-state index in [0.29, 0.717) is 30.4 Å². The number of hydrogen-bond acceptors (Lipinski definition) is 3. The molecule has 0 aliphatic carbocycles. The maximum absolute atomic E-state index is 12.2. The summed E-state index contributed by atoms with van der Waals surface area (Å²) >= 11 is 0. The van der Waals surface area contributed by atoms with Crippen LogP contribution < -0.4 is 0 Å². The summed E-state index contributed by atoms with van der Waals surface area (Å²) in [5.41, 5.74) is 3.45. The number of ketones is 2. The SMILES string of the molecule is CC(=O)CCc1ccc(C(=O)CCc2ccc(C#N)cc2)cc1. The lowest BCUT2D eigenvalue weighted by Crippen LogP contribution is -2.02. The smallest absolute Gasteiger partial charge is 0.163 e. The standard InChI is InChI=1S/C20H19NO2/c1-15(22)2-3-16-8-11-19(12-9-16)20(23)13-10-17-4-6-18(14-21)7-5-17/h4-9,11-12H,2-3,10,13H2,1H3. The van der Waals surface area contributed by atoms with Gasteiger partial charge in [0.1, 0.15) is 5.78 Å². The molecule has 0 heterocycles. The van der Waals surface area contributed by atoms with Gasteiger partial charge in [0, 0.05) is 18.4 Å². The Morgan fingerprint density at radius 2 is 1.39 bits per heavy atom. The summed E-state index contributed by atoms with van der Waals surface area (Å²) in [5.74, 6) is 0.278. The van der Waals surface area contributed by atoms with E-state index in [1.54, 1.807) is 19.1 Å². The lowest BCUT2D eigenvalue weighted by atomic mass is 10.00. The molecule has 0 aromatic heterocycles. The molecule has 0 aliphatic heterocycles. The third kappa shape index (κ3) is 5.19. The van der Waals surface area contributed by atoms with Gasteiger partial charge in [0.05, 0.1) is 11.6 Å². The molecule has 0 amide bonds. The van der Waals surface area contributed by atoms with Crippen molar-refractivity contribution in [2.75, 3.05) is 0 Å². The van der Waals surface area contributed by atoms with Gasteiger partial charge < -0.3 is 4.79 Å². The van der Waals surface area contributed by atoms with Gasteiger partial charge in [-0.2, -0.15) is 5.26 Å². The fourth-order valence-electron chi connectivity index (χ4n) is 2.33. The van der Waals surface area contributed by atoms with Crippen molar-refractivity contribution >= 4 is 11.6 Å². The summed E-state index contributed by atoms with van der Waals surface area (Å²) < 4.78 is 0. The van der Waals surface area contributed by atoms with Crippen LogP contribution in [0.5, 0.6) is 0 Å². The number of Topliss-reactive ketones (excluding diaryl/α,β-unsaturated/α-hetero) is 2. The quantitative estimate of drug-likeness (QED) is 0.729. The normalized spacial score (nSPS) is 10.1. The first kappa shape index (κ1) is 16.6. The molecule has 3 heteroatoms. The lowest BCUT2D eigenvalue weighted by Gasteiger charge is -2.04. The number of aryl methyl sites for hydroxylation is 2. The molecular formula is C20H19NO2. The fraction of sp³-hybridized carbons (Fsp3) is 0.250. The first-order valence-corrected chi connectivity index (χ1v) is 7.69. The minimum atomic E-state index is 0.104. The number of carbonyl (C=O) groups is 2. The summed E-state index contributed by atoms with van der Waals surface area (Å²) in [5, 5.41) is 8.76. The molecule has 0 saturated carbocycles. The van der Waals surface area contributed by atoms with Crippen LogP contribution in [-0.2, 0) is 17.6 Å². The van der Waals surface area contributed by atoms with E-state index in [-0.39, 0.29) is 11.6 Å². The second-order valence-corrected chi connectivity index (χ2v) is 5.63. The molecule has 3 nitrogen and oxygen atoms in total. The monoisotopic (exact) mass is 305 g/mol. The van der Waals surface area contributed by atoms with E-state index in [0.717, 1.165) is 17.5 Å². The third-order valence-corrected chi connectivity index (χ3v) is 3.77. The molecule has 0 aliphatic rings. The number of benzene rings is 2. The predicted molar refractivity (Wildman–Crippen MR) is 89.3 cm³/mol. The van der Waals surface area contributed by atoms with Crippen molar-refractivity contribution in [3.05, 3.63) is 70.8 Å². The van der Waals surface area contributed by atoms with Gasteiger partial charge in [-0.1, -0.05) is 36.4 Å². The molecular weight excluding hydrogens is 286 g/mol. The Hall–Kier alpha value is -2.73. The number of nitrogens with zero attached hydrogens (tertiary/aromatic N) is 1. The van der Waals surface area contributed by atoms with Crippen LogP contribution in [0.3, 0.4) is 0 Å². The number of hydrogen-bond donors (Lipinski definition) is 0. The third-order valence-electron chi connectivity index (χ3n) is 3.77. The van der Waals surface area contributed by atoms with Crippen LogP contribution in [0, 0.1) is 11.3 Å². The van der Waals surface area contributed by atoms with Crippen molar-refractivity contribution < 1.29 is 9.59 Å². The van der Waals surface area contributed by atoms with Crippen molar-refractivity contribution in [2.45, 2.75) is 32.6 Å². The molecule has 0 saturated heterocycles. The van der Waals surface area contributed by atoms with Gasteiger partial charge in [-0.25, -0.2) is 0 Å². The predicted octanol–water partition coefficient (Wildman–Crippen LogP) is 3.90. The van der Waals surface area contributed by atoms with E-state index in [9.17, 15) is 9.59 Å². The van der Waals surface area contributed by atoms with Gasteiger partial charge in [0.15, 0.2) is 5.78 Å². The first-order valence-electron chi connectivity index (χ1n) is 7.69. The van der Waals surface area contributed by atoms with Crippen LogP contribution in [0.25, 0.3) is 0 Å². The summed E-state index contributed by atoms with van der Waals surface area (Å²) in [4.78, 5) is 23.2. The topological polar surface area (TPSA) is 57.9 Å². The zero-order valence-electron chi connectivity index (χ0n) is 13.2. The van der Waals surface area contributed by atoms with Crippen LogP contribution in [-0.4, -0.2) is 11.6 Å². The number of carbonyl (C=O) groups excluding carboxylic acids is 2. The average molecular weight is 305 g/mol. The van der Waals surface area contributed by atoms with Crippen LogP contribution in [0.4, 0.5) is 0 Å². The van der Waals surface area contributed by atoms with Gasteiger partial charge in [-0.3, -0.25) is 4.79 Å². The molecule has 0 N–H and O–H groups in total. The Bertz CT molecular complexity index is 722. The fourth-order valence-corrected chi connectivity index (χ4v) is 2.33. The Kier molecular flexibility index (Phi) is 5.82. The Balaban J connectivity index is 1.89. The zero-order valence-corrected chi connectivity index (χ0v) is 13.2. The van der Waals surface area contributed by atoms with Gasteiger partial charge >= 0.3 is 0 Å². The highest BCUT2D eigenvalue weighted by molar-refractivity contribution is 5.96. The second-order valence-electron chi connectivity index (χ2n) is 5.63. The van der Waals surface area contributed by atoms with Crippen molar-refractivity contribution in [1.29, 1.82) is 5.26 Å². The molecule has 2 aromatic carbocycles. The molecule has 0 fully saturated rings. The highest BCUT2D eigenvalue weighted by Crippen LogP contribution is 2.12. The molecule has 23 heavy (non-hydrogen) atoms. The maximum atomic E-state index is 12.2. The number of nitriles is 1. The summed E-state index contributed by atoms with van der Waals surface area (Å²) in [6, 6.07) is 16.9. The van der Waals surface area contributed by atoms with Crippen LogP contribution in [0.1, 0.15) is 46.8 Å². The maximum Gasteiger partial charge on any atom is 0.163 e. The number of rotatable bonds is 7. The van der Waals surface area contributed by atoms with Crippen LogP contribution in [0.2, 0.25) is 0 Å².